The van der Waals surface area contributed by atoms with Crippen LogP contribution < -0.4 is 0 Å². The summed E-state index contributed by atoms with van der Waals surface area (Å²) in [7, 11) is 0. The molecule has 0 aliphatic carbocycles. The van der Waals surface area contributed by atoms with Crippen LogP contribution in [0.4, 0.5) is 0 Å². The molecule has 0 amide bonds. The number of ether oxygens (including phenoxy) is 1. The highest BCUT2D eigenvalue weighted by atomic mass is 16.5. The molecule has 0 radical (unpaired) electrons. The van der Waals surface area contributed by atoms with Gasteiger partial charge in [0.1, 0.15) is 6.73 Å². The van der Waals surface area contributed by atoms with Crippen LogP contribution in [-0.2, 0) is 4.74 Å². The molecule has 0 aromatic carbocycles. The summed E-state index contributed by atoms with van der Waals surface area (Å²) in [6, 6.07) is 0. The lowest BCUT2D eigenvalue weighted by Gasteiger charge is -2.12. The summed E-state index contributed by atoms with van der Waals surface area (Å²) in [6.07, 6.45) is 3.34. The molecule has 0 saturated heterocycles. The van der Waals surface area contributed by atoms with Crippen LogP contribution in [0.2, 0.25) is 0 Å². The third-order valence-electron chi connectivity index (χ3n) is 0.913. The predicted octanol–water partition coefficient (Wildman–Crippen LogP) is 1.57. The Balaban J connectivity index is 3.30. The van der Waals surface area contributed by atoms with E-state index < -0.39 is 0 Å². The van der Waals surface area contributed by atoms with Crippen molar-refractivity contribution in [1.82, 2.24) is 4.90 Å². The second-order valence-corrected chi connectivity index (χ2v) is 1.50. The fraction of sp³-hybridized carbons (Fsp3) is 0.429. The Morgan fingerprint density at radius 3 is 2.33 bits per heavy atom. The van der Waals surface area contributed by atoms with Crippen LogP contribution in [-0.4, -0.2) is 18.2 Å². The smallest absolute Gasteiger partial charge is 0.122 e. The van der Waals surface area contributed by atoms with Crippen molar-refractivity contribution in [2.45, 2.75) is 6.92 Å². The van der Waals surface area contributed by atoms with Crippen LogP contribution in [0.25, 0.3) is 0 Å². The van der Waals surface area contributed by atoms with Gasteiger partial charge in [-0.05, 0) is 19.3 Å². The van der Waals surface area contributed by atoms with Gasteiger partial charge in [-0.15, -0.1) is 0 Å². The molecule has 2 nitrogen and oxygen atoms in total. The lowest BCUT2D eigenvalue weighted by Crippen LogP contribution is -2.12. The number of rotatable bonds is 5. The first-order chi connectivity index (χ1) is 4.35. The van der Waals surface area contributed by atoms with E-state index in [0.717, 1.165) is 6.61 Å². The molecule has 0 N–H and O–H groups in total. The van der Waals surface area contributed by atoms with Crippen molar-refractivity contribution >= 4 is 0 Å². The minimum atomic E-state index is 0.545. The average Bonchev–Trinajstić information content (AvgIpc) is 1.91. The van der Waals surface area contributed by atoms with Gasteiger partial charge in [0.05, 0.1) is 0 Å². The molecule has 0 unspecified atom stereocenters. The maximum atomic E-state index is 5.06. The van der Waals surface area contributed by atoms with Crippen molar-refractivity contribution in [3.05, 3.63) is 25.6 Å². The summed E-state index contributed by atoms with van der Waals surface area (Å²) >= 11 is 0. The molecular weight excluding hydrogens is 114 g/mol. The van der Waals surface area contributed by atoms with Crippen molar-refractivity contribution in [3.63, 3.8) is 0 Å². The number of hydrogen-bond donors (Lipinski definition) is 0. The molecule has 0 aromatic rings. The van der Waals surface area contributed by atoms with Crippen LogP contribution in [0.15, 0.2) is 25.6 Å². The van der Waals surface area contributed by atoms with Crippen molar-refractivity contribution in [1.29, 1.82) is 0 Å². The van der Waals surface area contributed by atoms with E-state index in [0.29, 0.717) is 6.73 Å². The molecule has 0 bridgehead atoms. The average molecular weight is 127 g/mol. The molecule has 0 saturated carbocycles. The van der Waals surface area contributed by atoms with Crippen LogP contribution >= 0.6 is 0 Å². The molecular formula is C7H13NO. The summed E-state index contributed by atoms with van der Waals surface area (Å²) in [5, 5.41) is 0. The monoisotopic (exact) mass is 127 g/mol. The Labute approximate surface area is 56.4 Å². The highest BCUT2D eigenvalue weighted by Gasteiger charge is 1.87. The third-order valence-corrected chi connectivity index (χ3v) is 0.913. The van der Waals surface area contributed by atoms with E-state index in [1.807, 2.05) is 6.92 Å². The lowest BCUT2D eigenvalue weighted by molar-refractivity contribution is 0.0853. The van der Waals surface area contributed by atoms with Crippen molar-refractivity contribution in [3.8, 4) is 0 Å². The zero-order valence-electron chi connectivity index (χ0n) is 5.84. The van der Waals surface area contributed by atoms with Crippen LogP contribution in [0.1, 0.15) is 6.92 Å². The number of hydrogen-bond acceptors (Lipinski definition) is 2. The first-order valence-corrected chi connectivity index (χ1v) is 2.93. The van der Waals surface area contributed by atoms with E-state index in [1.165, 1.54) is 0 Å². The Morgan fingerprint density at radius 1 is 1.44 bits per heavy atom. The highest BCUT2D eigenvalue weighted by Crippen LogP contribution is 1.87. The van der Waals surface area contributed by atoms with Gasteiger partial charge in [0.15, 0.2) is 0 Å². The van der Waals surface area contributed by atoms with Gasteiger partial charge in [0, 0.05) is 6.61 Å². The molecule has 0 rings (SSSR count). The molecule has 0 spiro atoms. The molecule has 2 heteroatoms. The molecule has 0 fully saturated rings. The Hall–Kier alpha value is -0.760. The van der Waals surface area contributed by atoms with Crippen LogP contribution in [0.5, 0.6) is 0 Å². The van der Waals surface area contributed by atoms with Crippen molar-refractivity contribution < 1.29 is 4.74 Å². The van der Waals surface area contributed by atoms with Crippen LogP contribution in [0, 0.1) is 0 Å². The molecule has 0 heterocycles. The lowest BCUT2D eigenvalue weighted by atomic mass is 10.7. The quantitative estimate of drug-likeness (QED) is 0.520. The van der Waals surface area contributed by atoms with Gasteiger partial charge in [-0.1, -0.05) is 13.2 Å². The SMILES string of the molecule is C=CN(C=C)COCC. The van der Waals surface area contributed by atoms with Gasteiger partial charge >= 0.3 is 0 Å². The molecule has 52 valence electrons. The Kier molecular flexibility index (Phi) is 4.92. The highest BCUT2D eigenvalue weighted by molar-refractivity contribution is 4.77. The molecule has 0 aliphatic rings. The van der Waals surface area contributed by atoms with Crippen LogP contribution in [0.3, 0.4) is 0 Å². The Morgan fingerprint density at radius 2 is 2.00 bits per heavy atom. The fourth-order valence-electron chi connectivity index (χ4n) is 0.377. The first kappa shape index (κ1) is 8.24. The van der Waals surface area contributed by atoms with Gasteiger partial charge in [0.25, 0.3) is 0 Å². The van der Waals surface area contributed by atoms with E-state index in [2.05, 4.69) is 13.2 Å². The van der Waals surface area contributed by atoms with Gasteiger partial charge in [-0.2, -0.15) is 0 Å². The van der Waals surface area contributed by atoms with Crippen molar-refractivity contribution in [2.75, 3.05) is 13.3 Å². The molecule has 9 heavy (non-hydrogen) atoms. The van der Waals surface area contributed by atoms with Gasteiger partial charge in [-0.25, -0.2) is 0 Å². The summed E-state index contributed by atoms with van der Waals surface area (Å²) in [5.41, 5.74) is 0. The van der Waals surface area contributed by atoms with E-state index >= 15 is 0 Å². The topological polar surface area (TPSA) is 12.5 Å². The first-order valence-electron chi connectivity index (χ1n) is 2.93. The summed E-state index contributed by atoms with van der Waals surface area (Å²) in [5.74, 6) is 0. The zero-order valence-corrected chi connectivity index (χ0v) is 5.84. The second-order valence-electron chi connectivity index (χ2n) is 1.50. The van der Waals surface area contributed by atoms with E-state index in [-0.39, 0.29) is 0 Å². The minimum Gasteiger partial charge on any atom is -0.361 e. The standard InChI is InChI=1S/C7H13NO/c1-4-8(5-2)7-9-6-3/h4-5H,1-2,6-7H2,3H3. The van der Waals surface area contributed by atoms with E-state index in [4.69, 9.17) is 4.74 Å². The summed E-state index contributed by atoms with van der Waals surface area (Å²) in [6.45, 7) is 10.3. The molecule has 0 aromatic heterocycles. The van der Waals surface area contributed by atoms with Gasteiger partial charge < -0.3 is 9.64 Å². The maximum Gasteiger partial charge on any atom is 0.122 e. The third kappa shape index (κ3) is 3.79. The normalized spacial score (nSPS) is 8.56. The van der Waals surface area contributed by atoms with E-state index in [1.54, 1.807) is 17.3 Å². The second kappa shape index (κ2) is 5.38. The van der Waals surface area contributed by atoms with Gasteiger partial charge in [0.2, 0.25) is 0 Å². The zero-order chi connectivity index (χ0) is 7.11. The van der Waals surface area contributed by atoms with Gasteiger partial charge in [-0.3, -0.25) is 0 Å². The maximum absolute atomic E-state index is 5.06. The fourth-order valence-corrected chi connectivity index (χ4v) is 0.377. The largest absolute Gasteiger partial charge is 0.361 e. The number of nitrogens with zero attached hydrogens (tertiary/aromatic N) is 1. The molecule has 0 atom stereocenters. The van der Waals surface area contributed by atoms with Crippen molar-refractivity contribution in [2.24, 2.45) is 0 Å². The Bertz CT molecular complexity index is 82.9. The summed E-state index contributed by atoms with van der Waals surface area (Å²) in [4.78, 5) is 1.77. The predicted molar refractivity (Wildman–Crippen MR) is 38.7 cm³/mol. The summed E-state index contributed by atoms with van der Waals surface area (Å²) < 4.78 is 5.06. The minimum absolute atomic E-state index is 0.545. The van der Waals surface area contributed by atoms with E-state index in [9.17, 15) is 0 Å². The molecule has 0 aliphatic heterocycles.